The number of benzene rings is 1. The van der Waals surface area contributed by atoms with Crippen LogP contribution in [0.3, 0.4) is 0 Å². The van der Waals surface area contributed by atoms with Crippen LogP contribution in [0, 0.1) is 6.92 Å². The van der Waals surface area contributed by atoms with E-state index in [1.54, 1.807) is 6.07 Å². The Morgan fingerprint density at radius 2 is 2.11 bits per heavy atom. The zero-order valence-corrected chi connectivity index (χ0v) is 15.7. The molecule has 3 rings (SSSR count). The lowest BCUT2D eigenvalue weighted by molar-refractivity contribution is 0.0857. The monoisotopic (exact) mass is 367 g/mol. The fourth-order valence-electron chi connectivity index (χ4n) is 3.19. The Balaban J connectivity index is 1.69. The summed E-state index contributed by atoms with van der Waals surface area (Å²) in [4.78, 5) is 29.1. The van der Waals surface area contributed by atoms with Crippen LogP contribution in [-0.4, -0.2) is 36.1 Å². The first kappa shape index (κ1) is 19.0. The van der Waals surface area contributed by atoms with Gasteiger partial charge < -0.3 is 15.4 Å². The van der Waals surface area contributed by atoms with Gasteiger partial charge >= 0.3 is 0 Å². The van der Waals surface area contributed by atoms with Crippen molar-refractivity contribution in [1.82, 2.24) is 10.3 Å². The Hall–Kier alpha value is -2.73. The third-order valence-electron chi connectivity index (χ3n) is 4.75. The molecule has 0 bridgehead atoms. The largest absolute Gasteiger partial charge is 0.376 e. The molecular formula is C21H25N3O3. The molecule has 0 saturated carbocycles. The van der Waals surface area contributed by atoms with Crippen molar-refractivity contribution in [3.63, 3.8) is 0 Å². The van der Waals surface area contributed by atoms with Crippen LogP contribution in [0.4, 0.5) is 5.69 Å². The number of carbonyl (C=O) groups is 2. The van der Waals surface area contributed by atoms with Gasteiger partial charge in [-0.2, -0.15) is 0 Å². The quantitative estimate of drug-likeness (QED) is 0.822. The number of pyridine rings is 1. The van der Waals surface area contributed by atoms with Gasteiger partial charge in [0.2, 0.25) is 0 Å². The maximum Gasteiger partial charge on any atom is 0.274 e. The molecule has 1 fully saturated rings. The molecule has 2 amide bonds. The minimum Gasteiger partial charge on any atom is -0.376 e. The lowest BCUT2D eigenvalue weighted by Crippen LogP contribution is -2.32. The molecule has 0 aliphatic carbocycles. The Morgan fingerprint density at radius 1 is 1.26 bits per heavy atom. The fraction of sp³-hybridized carbons (Fsp3) is 0.381. The zero-order valence-electron chi connectivity index (χ0n) is 15.7. The van der Waals surface area contributed by atoms with Gasteiger partial charge in [-0.25, -0.2) is 0 Å². The van der Waals surface area contributed by atoms with Crippen molar-refractivity contribution in [2.24, 2.45) is 0 Å². The number of anilines is 1. The summed E-state index contributed by atoms with van der Waals surface area (Å²) >= 11 is 0. The first-order valence-corrected chi connectivity index (χ1v) is 9.34. The number of para-hydroxylation sites is 1. The van der Waals surface area contributed by atoms with Crippen molar-refractivity contribution in [3.8, 4) is 0 Å². The summed E-state index contributed by atoms with van der Waals surface area (Å²) in [5.41, 5.74) is 3.49. The summed E-state index contributed by atoms with van der Waals surface area (Å²) in [6.07, 6.45) is 4.36. The summed E-state index contributed by atoms with van der Waals surface area (Å²) in [6.45, 7) is 5.23. The predicted molar refractivity (Wildman–Crippen MR) is 104 cm³/mol. The molecule has 27 heavy (non-hydrogen) atoms. The highest BCUT2D eigenvalue weighted by molar-refractivity contribution is 6.05. The molecule has 1 aromatic heterocycles. The zero-order chi connectivity index (χ0) is 19.2. The summed E-state index contributed by atoms with van der Waals surface area (Å²) < 4.78 is 5.51. The number of aromatic nitrogens is 1. The van der Waals surface area contributed by atoms with Crippen molar-refractivity contribution < 1.29 is 14.3 Å². The Kier molecular flexibility index (Phi) is 6.19. The maximum atomic E-state index is 12.7. The molecule has 0 spiro atoms. The first-order valence-electron chi connectivity index (χ1n) is 9.34. The molecule has 6 heteroatoms. The van der Waals surface area contributed by atoms with Crippen LogP contribution in [0.15, 0.2) is 36.5 Å². The number of carbonyl (C=O) groups excluding carboxylic acids is 2. The molecule has 1 atom stereocenters. The molecule has 6 nitrogen and oxygen atoms in total. The number of nitrogens with zero attached hydrogens (tertiary/aromatic N) is 1. The number of rotatable bonds is 6. The van der Waals surface area contributed by atoms with Crippen molar-refractivity contribution in [2.75, 3.05) is 18.5 Å². The van der Waals surface area contributed by atoms with Gasteiger partial charge in [0.05, 0.1) is 6.10 Å². The molecular weight excluding hydrogens is 342 g/mol. The Labute approximate surface area is 159 Å². The Bertz CT molecular complexity index is 829. The minimum atomic E-state index is -0.326. The third-order valence-corrected chi connectivity index (χ3v) is 4.75. The normalized spacial score (nSPS) is 16.1. The van der Waals surface area contributed by atoms with E-state index in [1.807, 2.05) is 32.0 Å². The second-order valence-corrected chi connectivity index (χ2v) is 6.69. The van der Waals surface area contributed by atoms with Crippen LogP contribution in [0.1, 0.15) is 51.7 Å². The molecule has 1 saturated heterocycles. The van der Waals surface area contributed by atoms with E-state index in [0.29, 0.717) is 12.1 Å². The topological polar surface area (TPSA) is 80.3 Å². The van der Waals surface area contributed by atoms with Gasteiger partial charge in [0.1, 0.15) is 5.69 Å². The van der Waals surface area contributed by atoms with E-state index in [-0.39, 0.29) is 23.6 Å². The smallest absolute Gasteiger partial charge is 0.274 e. The average Bonchev–Trinajstić information content (AvgIpc) is 3.21. The second-order valence-electron chi connectivity index (χ2n) is 6.69. The highest BCUT2D eigenvalue weighted by atomic mass is 16.5. The molecule has 142 valence electrons. The number of amides is 2. The number of hydrogen-bond donors (Lipinski definition) is 2. The van der Waals surface area contributed by atoms with Crippen molar-refractivity contribution in [1.29, 1.82) is 0 Å². The predicted octanol–water partition coefficient (Wildman–Crippen LogP) is 3.11. The van der Waals surface area contributed by atoms with Crippen LogP contribution in [0.5, 0.6) is 0 Å². The fourth-order valence-corrected chi connectivity index (χ4v) is 3.19. The molecule has 1 aromatic carbocycles. The van der Waals surface area contributed by atoms with Crippen LogP contribution < -0.4 is 10.6 Å². The standard InChI is InChI=1S/C21H25N3O3/c1-3-15-7-4-6-14(2)19(15)24-21(26)18-12-16(9-10-22-18)20(25)23-13-17-8-5-11-27-17/h4,6-7,9-10,12,17H,3,5,8,11,13H2,1-2H3,(H,23,25)(H,24,26). The lowest BCUT2D eigenvalue weighted by Gasteiger charge is -2.13. The minimum absolute atomic E-state index is 0.0760. The molecule has 1 aliphatic heterocycles. The average molecular weight is 367 g/mol. The number of aryl methyl sites for hydroxylation is 2. The molecule has 1 unspecified atom stereocenters. The van der Waals surface area contributed by atoms with Crippen molar-refractivity contribution in [3.05, 3.63) is 58.9 Å². The van der Waals surface area contributed by atoms with Gasteiger partial charge in [-0.15, -0.1) is 0 Å². The van der Waals surface area contributed by atoms with Gasteiger partial charge in [-0.1, -0.05) is 25.1 Å². The summed E-state index contributed by atoms with van der Waals surface area (Å²) in [6, 6.07) is 9.04. The van der Waals surface area contributed by atoms with Crippen LogP contribution in [-0.2, 0) is 11.2 Å². The van der Waals surface area contributed by atoms with Crippen molar-refractivity contribution in [2.45, 2.75) is 39.2 Å². The first-order chi connectivity index (χ1) is 13.1. The number of ether oxygens (including phenoxy) is 1. The van der Waals surface area contributed by atoms with Gasteiger partial charge in [0.15, 0.2) is 0 Å². The van der Waals surface area contributed by atoms with Crippen molar-refractivity contribution >= 4 is 17.5 Å². The van der Waals surface area contributed by atoms with E-state index in [1.165, 1.54) is 12.3 Å². The van der Waals surface area contributed by atoms with Crippen LogP contribution in [0.2, 0.25) is 0 Å². The Morgan fingerprint density at radius 3 is 2.85 bits per heavy atom. The van der Waals surface area contributed by atoms with Gasteiger partial charge in [-0.05, 0) is 49.4 Å². The highest BCUT2D eigenvalue weighted by Crippen LogP contribution is 2.21. The van der Waals surface area contributed by atoms with E-state index in [0.717, 1.165) is 42.7 Å². The van der Waals surface area contributed by atoms with E-state index in [9.17, 15) is 9.59 Å². The molecule has 2 heterocycles. The second kappa shape index (κ2) is 8.77. The molecule has 2 N–H and O–H groups in total. The summed E-state index contributed by atoms with van der Waals surface area (Å²) in [7, 11) is 0. The third kappa shape index (κ3) is 4.71. The van der Waals surface area contributed by atoms with E-state index >= 15 is 0 Å². The lowest BCUT2D eigenvalue weighted by atomic mass is 10.1. The summed E-state index contributed by atoms with van der Waals surface area (Å²) in [5.74, 6) is -0.556. The number of hydrogen-bond acceptors (Lipinski definition) is 4. The SMILES string of the molecule is CCc1cccc(C)c1NC(=O)c1cc(C(=O)NCC2CCCO2)ccn1. The molecule has 2 aromatic rings. The molecule has 0 radical (unpaired) electrons. The number of nitrogens with one attached hydrogen (secondary N) is 2. The van der Waals surface area contributed by atoms with E-state index in [4.69, 9.17) is 4.74 Å². The van der Waals surface area contributed by atoms with E-state index < -0.39 is 0 Å². The molecule has 1 aliphatic rings. The van der Waals surface area contributed by atoms with Gasteiger partial charge in [0.25, 0.3) is 11.8 Å². The van der Waals surface area contributed by atoms with Gasteiger partial charge in [0, 0.05) is 30.6 Å². The van der Waals surface area contributed by atoms with Crippen LogP contribution in [0.25, 0.3) is 0 Å². The summed E-state index contributed by atoms with van der Waals surface area (Å²) in [5, 5.41) is 5.80. The highest BCUT2D eigenvalue weighted by Gasteiger charge is 2.18. The van der Waals surface area contributed by atoms with E-state index in [2.05, 4.69) is 15.6 Å². The van der Waals surface area contributed by atoms with Crippen LogP contribution >= 0.6 is 0 Å². The van der Waals surface area contributed by atoms with Gasteiger partial charge in [-0.3, -0.25) is 14.6 Å². The maximum absolute atomic E-state index is 12.7.